The zero-order valence-electron chi connectivity index (χ0n) is 11.3. The van der Waals surface area contributed by atoms with Crippen LogP contribution in [0, 0.1) is 11.3 Å². The second-order valence-electron chi connectivity index (χ2n) is 5.37. The van der Waals surface area contributed by atoms with Gasteiger partial charge in [-0.15, -0.1) is 0 Å². The van der Waals surface area contributed by atoms with E-state index in [1.165, 1.54) is 5.56 Å². The van der Waals surface area contributed by atoms with E-state index in [0.29, 0.717) is 22.5 Å². The maximum absolute atomic E-state index is 8.99. The van der Waals surface area contributed by atoms with Crippen molar-refractivity contribution < 1.29 is 0 Å². The number of nitrogens with zero attached hydrogens (tertiary/aromatic N) is 1. The summed E-state index contributed by atoms with van der Waals surface area (Å²) >= 11 is 12.0. The number of hydrogen-bond donors (Lipinski definition) is 1. The van der Waals surface area contributed by atoms with Gasteiger partial charge < -0.3 is 5.32 Å². The Balaban J connectivity index is 1.61. The topological polar surface area (TPSA) is 35.8 Å². The van der Waals surface area contributed by atoms with Crippen LogP contribution in [-0.2, 0) is 0 Å². The molecule has 2 aromatic rings. The molecule has 2 nitrogen and oxygen atoms in total. The number of benzene rings is 2. The average molecular weight is 317 g/mol. The Labute approximate surface area is 134 Å². The molecule has 2 aromatic carbocycles. The van der Waals surface area contributed by atoms with Crippen molar-refractivity contribution >= 4 is 28.9 Å². The predicted molar refractivity (Wildman–Crippen MR) is 87.0 cm³/mol. The van der Waals surface area contributed by atoms with Gasteiger partial charge in [-0.2, -0.15) is 5.26 Å². The van der Waals surface area contributed by atoms with Gasteiger partial charge in [-0.1, -0.05) is 35.3 Å². The van der Waals surface area contributed by atoms with Crippen LogP contribution in [0.4, 0.5) is 5.69 Å². The summed E-state index contributed by atoms with van der Waals surface area (Å²) in [5, 5.41) is 13.7. The van der Waals surface area contributed by atoms with Crippen LogP contribution < -0.4 is 5.32 Å². The van der Waals surface area contributed by atoms with Crippen molar-refractivity contribution in [2.75, 3.05) is 5.32 Å². The third-order valence-corrected chi connectivity index (χ3v) is 4.48. The van der Waals surface area contributed by atoms with Crippen LogP contribution in [0.15, 0.2) is 42.5 Å². The summed E-state index contributed by atoms with van der Waals surface area (Å²) in [5.41, 5.74) is 2.76. The third kappa shape index (κ3) is 3.15. The molecule has 0 saturated heterocycles. The van der Waals surface area contributed by atoms with Gasteiger partial charge in [0.1, 0.15) is 6.07 Å². The van der Waals surface area contributed by atoms with E-state index < -0.39 is 0 Å². The van der Waals surface area contributed by atoms with Crippen LogP contribution in [0.1, 0.15) is 29.9 Å². The lowest BCUT2D eigenvalue weighted by Crippen LogP contribution is -2.34. The first-order valence-corrected chi connectivity index (χ1v) is 7.63. The van der Waals surface area contributed by atoms with Crippen LogP contribution in [-0.4, -0.2) is 6.04 Å². The normalized spacial score (nSPS) is 20.4. The molecular weight excluding hydrogens is 303 g/mol. The minimum atomic E-state index is 0.432. The molecule has 0 radical (unpaired) electrons. The molecule has 0 bridgehead atoms. The Morgan fingerprint density at radius 1 is 1.10 bits per heavy atom. The van der Waals surface area contributed by atoms with Gasteiger partial charge in [0.25, 0.3) is 0 Å². The molecule has 1 aliphatic rings. The highest BCUT2D eigenvalue weighted by Gasteiger charge is 2.30. The van der Waals surface area contributed by atoms with Crippen molar-refractivity contribution in [3.8, 4) is 6.07 Å². The van der Waals surface area contributed by atoms with E-state index in [4.69, 9.17) is 28.5 Å². The summed E-state index contributed by atoms with van der Waals surface area (Å²) < 4.78 is 0. The van der Waals surface area contributed by atoms with Gasteiger partial charge in [0.05, 0.1) is 10.6 Å². The maximum atomic E-state index is 8.99. The van der Waals surface area contributed by atoms with Crippen molar-refractivity contribution in [3.05, 3.63) is 63.6 Å². The van der Waals surface area contributed by atoms with E-state index >= 15 is 0 Å². The van der Waals surface area contributed by atoms with Crippen molar-refractivity contribution in [3.63, 3.8) is 0 Å². The monoisotopic (exact) mass is 316 g/mol. The fourth-order valence-corrected chi connectivity index (χ4v) is 3.06. The summed E-state index contributed by atoms with van der Waals surface area (Å²) in [7, 11) is 0. The Morgan fingerprint density at radius 3 is 2.62 bits per heavy atom. The van der Waals surface area contributed by atoms with Crippen LogP contribution in [0.3, 0.4) is 0 Å². The van der Waals surface area contributed by atoms with E-state index in [9.17, 15) is 0 Å². The maximum Gasteiger partial charge on any atom is 0.101 e. The zero-order chi connectivity index (χ0) is 14.8. The quantitative estimate of drug-likeness (QED) is 0.842. The fourth-order valence-electron chi connectivity index (χ4n) is 2.70. The summed E-state index contributed by atoms with van der Waals surface area (Å²) in [6, 6.07) is 16.1. The van der Waals surface area contributed by atoms with Gasteiger partial charge in [-0.3, -0.25) is 0 Å². The minimum absolute atomic E-state index is 0.432. The standard InChI is InChI=1S/C17H14Cl2N2/c18-14-3-1-2-11(6-14)12-7-16(8-12)21-15-4-5-17(19)13(9-15)10-20/h1-6,9,12,16,21H,7-8H2. The summed E-state index contributed by atoms with van der Waals surface area (Å²) in [5.74, 6) is 0.559. The van der Waals surface area contributed by atoms with Gasteiger partial charge in [-0.25, -0.2) is 0 Å². The van der Waals surface area contributed by atoms with E-state index in [2.05, 4.69) is 17.5 Å². The van der Waals surface area contributed by atoms with Gasteiger partial charge in [0.15, 0.2) is 0 Å². The summed E-state index contributed by atoms with van der Waals surface area (Å²) in [6.07, 6.45) is 2.15. The van der Waals surface area contributed by atoms with Crippen molar-refractivity contribution in [1.29, 1.82) is 5.26 Å². The minimum Gasteiger partial charge on any atom is -0.382 e. The van der Waals surface area contributed by atoms with Gasteiger partial charge in [0, 0.05) is 16.8 Å². The SMILES string of the molecule is N#Cc1cc(NC2CC(c3cccc(Cl)c3)C2)ccc1Cl. The molecule has 0 unspecified atom stereocenters. The first-order valence-electron chi connectivity index (χ1n) is 6.87. The molecule has 4 heteroatoms. The second-order valence-corrected chi connectivity index (χ2v) is 6.21. The molecule has 3 rings (SSSR count). The number of rotatable bonds is 3. The van der Waals surface area contributed by atoms with Crippen LogP contribution >= 0.6 is 23.2 Å². The summed E-state index contributed by atoms with van der Waals surface area (Å²) in [4.78, 5) is 0. The highest BCUT2D eigenvalue weighted by molar-refractivity contribution is 6.31. The third-order valence-electron chi connectivity index (χ3n) is 3.92. The first-order chi connectivity index (χ1) is 10.2. The smallest absolute Gasteiger partial charge is 0.101 e. The van der Waals surface area contributed by atoms with Crippen LogP contribution in [0.5, 0.6) is 0 Å². The average Bonchev–Trinajstić information content (AvgIpc) is 2.44. The number of anilines is 1. The number of nitriles is 1. The molecule has 0 amide bonds. The van der Waals surface area contributed by atoms with Crippen molar-refractivity contribution in [2.24, 2.45) is 0 Å². The lowest BCUT2D eigenvalue weighted by Gasteiger charge is -2.37. The highest BCUT2D eigenvalue weighted by atomic mass is 35.5. The molecule has 0 atom stereocenters. The van der Waals surface area contributed by atoms with Gasteiger partial charge >= 0.3 is 0 Å². The van der Waals surface area contributed by atoms with E-state index in [-0.39, 0.29) is 0 Å². The van der Waals surface area contributed by atoms with Gasteiger partial charge in [0.2, 0.25) is 0 Å². The molecule has 106 valence electrons. The van der Waals surface area contributed by atoms with Crippen molar-refractivity contribution in [2.45, 2.75) is 24.8 Å². The highest BCUT2D eigenvalue weighted by Crippen LogP contribution is 2.39. The lowest BCUT2D eigenvalue weighted by molar-refractivity contribution is 0.374. The molecular formula is C17H14Cl2N2. The first kappa shape index (κ1) is 14.3. The molecule has 0 aromatic heterocycles. The molecule has 0 aliphatic heterocycles. The van der Waals surface area contributed by atoms with E-state index in [0.717, 1.165) is 23.6 Å². The molecule has 0 spiro atoms. The Kier molecular flexibility index (Phi) is 4.05. The van der Waals surface area contributed by atoms with Crippen molar-refractivity contribution in [1.82, 2.24) is 0 Å². The second kappa shape index (κ2) is 5.97. The Hall–Kier alpha value is -1.69. The van der Waals surface area contributed by atoms with Gasteiger partial charge in [-0.05, 0) is 54.7 Å². The summed E-state index contributed by atoms with van der Waals surface area (Å²) in [6.45, 7) is 0. The van der Waals surface area contributed by atoms with Crippen LogP contribution in [0.25, 0.3) is 0 Å². The largest absolute Gasteiger partial charge is 0.382 e. The molecule has 1 saturated carbocycles. The Bertz CT molecular complexity index is 700. The van der Waals surface area contributed by atoms with Crippen LogP contribution in [0.2, 0.25) is 10.0 Å². The molecule has 1 fully saturated rings. The fraction of sp³-hybridized carbons (Fsp3) is 0.235. The molecule has 1 N–H and O–H groups in total. The van der Waals surface area contributed by atoms with E-state index in [1.807, 2.05) is 24.3 Å². The Morgan fingerprint density at radius 2 is 1.90 bits per heavy atom. The molecule has 0 heterocycles. The molecule has 21 heavy (non-hydrogen) atoms. The lowest BCUT2D eigenvalue weighted by atomic mass is 9.76. The number of halogens is 2. The molecule has 1 aliphatic carbocycles. The zero-order valence-corrected chi connectivity index (χ0v) is 12.8. The number of hydrogen-bond acceptors (Lipinski definition) is 2. The number of nitrogens with one attached hydrogen (secondary N) is 1. The predicted octanol–water partition coefficient (Wildman–Crippen LogP) is 5.22. The van der Waals surface area contributed by atoms with E-state index in [1.54, 1.807) is 12.1 Å².